The highest BCUT2D eigenvalue weighted by Crippen LogP contribution is 2.25. The van der Waals surface area contributed by atoms with E-state index in [9.17, 15) is 10.1 Å². The molecule has 1 aliphatic rings. The smallest absolute Gasteiger partial charge is 0.331 e. The first-order chi connectivity index (χ1) is 9.08. The van der Waals surface area contributed by atoms with Gasteiger partial charge in [-0.05, 0) is 19.5 Å². The van der Waals surface area contributed by atoms with Crippen LogP contribution in [0.5, 0.6) is 5.88 Å². The lowest BCUT2D eigenvalue weighted by Gasteiger charge is -2.31. The molecule has 7 heteroatoms. The molecule has 0 spiro atoms. The maximum absolute atomic E-state index is 10.9. The molecule has 0 saturated carbocycles. The first-order valence-corrected chi connectivity index (χ1v) is 6.09. The van der Waals surface area contributed by atoms with E-state index in [0.717, 1.165) is 12.1 Å². The number of likely N-dealkylation sites (N-methyl/N-ethyl adjacent to an activating group) is 1. The summed E-state index contributed by atoms with van der Waals surface area (Å²) in [5.74, 6) is 0.0644. The lowest BCUT2D eigenvalue weighted by Crippen LogP contribution is -2.46. The number of aromatic nitrogens is 1. The van der Waals surface area contributed by atoms with Crippen LogP contribution in [0.4, 0.5) is 5.69 Å². The number of rotatable bonds is 4. The topological polar surface area (TPSA) is 77.7 Å². The minimum absolute atomic E-state index is 0.0644. The lowest BCUT2D eigenvalue weighted by molar-refractivity contribution is -0.386. The molecule has 104 valence electrons. The fraction of sp³-hybridized carbons (Fsp3) is 0.583. The average Bonchev–Trinajstić information content (AvgIpc) is 2.38. The second-order valence-electron chi connectivity index (χ2n) is 4.61. The quantitative estimate of drug-likeness (QED) is 0.598. The van der Waals surface area contributed by atoms with Crippen molar-refractivity contribution in [2.45, 2.75) is 13.0 Å². The predicted octanol–water partition coefficient (Wildman–Crippen LogP) is 1.01. The van der Waals surface area contributed by atoms with Crippen molar-refractivity contribution in [3.05, 3.63) is 27.9 Å². The van der Waals surface area contributed by atoms with Gasteiger partial charge in [0.15, 0.2) is 0 Å². The van der Waals surface area contributed by atoms with Gasteiger partial charge in [0.1, 0.15) is 6.61 Å². The van der Waals surface area contributed by atoms with E-state index < -0.39 is 4.92 Å². The molecule has 1 fully saturated rings. The molecule has 0 N–H and O–H groups in total. The van der Waals surface area contributed by atoms with Gasteiger partial charge >= 0.3 is 5.69 Å². The van der Waals surface area contributed by atoms with Crippen LogP contribution in [0.3, 0.4) is 0 Å². The Balaban J connectivity index is 2.04. The normalized spacial score (nSPS) is 20.2. The second-order valence-corrected chi connectivity index (χ2v) is 4.61. The summed E-state index contributed by atoms with van der Waals surface area (Å²) >= 11 is 0. The largest absolute Gasteiger partial charge is 0.471 e. The molecular formula is C12H17N3O4. The van der Waals surface area contributed by atoms with Crippen LogP contribution < -0.4 is 4.74 Å². The van der Waals surface area contributed by atoms with Gasteiger partial charge in [-0.3, -0.25) is 15.0 Å². The number of nitro groups is 1. The predicted molar refractivity (Wildman–Crippen MR) is 68.4 cm³/mol. The molecule has 1 unspecified atom stereocenters. The van der Waals surface area contributed by atoms with Crippen molar-refractivity contribution >= 4 is 5.69 Å². The van der Waals surface area contributed by atoms with Gasteiger partial charge in [-0.25, -0.2) is 4.98 Å². The maximum atomic E-state index is 10.9. The highest BCUT2D eigenvalue weighted by atomic mass is 16.6. The summed E-state index contributed by atoms with van der Waals surface area (Å²) in [6.07, 6.45) is 1.56. The number of aryl methyl sites for hydroxylation is 1. The van der Waals surface area contributed by atoms with Crippen LogP contribution in [-0.2, 0) is 4.74 Å². The average molecular weight is 267 g/mol. The zero-order chi connectivity index (χ0) is 13.8. The van der Waals surface area contributed by atoms with Gasteiger partial charge in [0.2, 0.25) is 0 Å². The monoisotopic (exact) mass is 267 g/mol. The lowest BCUT2D eigenvalue weighted by atomic mass is 10.2. The summed E-state index contributed by atoms with van der Waals surface area (Å²) in [7, 11) is 1.98. The summed E-state index contributed by atoms with van der Waals surface area (Å²) in [5.41, 5.74) is 0.636. The van der Waals surface area contributed by atoms with E-state index in [-0.39, 0.29) is 17.6 Å². The molecule has 0 aliphatic carbocycles. The third kappa shape index (κ3) is 3.39. The van der Waals surface area contributed by atoms with Crippen molar-refractivity contribution in [2.24, 2.45) is 0 Å². The number of ether oxygens (including phenoxy) is 2. The van der Waals surface area contributed by atoms with Crippen LogP contribution in [0.2, 0.25) is 0 Å². The van der Waals surface area contributed by atoms with Crippen molar-refractivity contribution < 1.29 is 14.4 Å². The minimum atomic E-state index is -0.476. The van der Waals surface area contributed by atoms with Gasteiger partial charge in [-0.2, -0.15) is 0 Å². The Morgan fingerprint density at radius 2 is 2.47 bits per heavy atom. The molecule has 7 nitrogen and oxygen atoms in total. The van der Waals surface area contributed by atoms with E-state index in [1.165, 1.54) is 6.07 Å². The highest BCUT2D eigenvalue weighted by molar-refractivity contribution is 5.42. The van der Waals surface area contributed by atoms with Crippen LogP contribution in [0.15, 0.2) is 12.3 Å². The Bertz CT molecular complexity index is 466. The summed E-state index contributed by atoms with van der Waals surface area (Å²) in [4.78, 5) is 16.6. The van der Waals surface area contributed by atoms with Gasteiger partial charge in [-0.1, -0.05) is 0 Å². The molecule has 1 atom stereocenters. The molecule has 1 aromatic rings. The molecule has 1 aliphatic heterocycles. The summed E-state index contributed by atoms with van der Waals surface area (Å²) in [6.45, 7) is 4.18. The standard InChI is InChI=1S/C12H17N3O4/c1-9-5-11(15(16)17)12(13-6-9)19-8-10-7-18-4-3-14(10)2/h5-6,10H,3-4,7-8H2,1-2H3. The molecule has 2 rings (SSSR count). The molecule has 1 saturated heterocycles. The molecule has 1 aromatic heterocycles. The number of hydrogen-bond acceptors (Lipinski definition) is 6. The van der Waals surface area contributed by atoms with Crippen LogP contribution in [0.25, 0.3) is 0 Å². The Kier molecular flexibility index (Phi) is 4.28. The number of pyridine rings is 1. The van der Waals surface area contributed by atoms with Crippen molar-refractivity contribution in [3.8, 4) is 5.88 Å². The van der Waals surface area contributed by atoms with Crippen molar-refractivity contribution in [1.29, 1.82) is 0 Å². The molecule has 0 aromatic carbocycles. The van der Waals surface area contributed by atoms with Crippen LogP contribution in [-0.4, -0.2) is 54.3 Å². The molecule has 0 bridgehead atoms. The van der Waals surface area contributed by atoms with E-state index in [4.69, 9.17) is 9.47 Å². The van der Waals surface area contributed by atoms with Gasteiger partial charge in [0.25, 0.3) is 5.88 Å². The van der Waals surface area contributed by atoms with E-state index in [2.05, 4.69) is 9.88 Å². The van der Waals surface area contributed by atoms with E-state index in [1.807, 2.05) is 7.05 Å². The molecular weight excluding hydrogens is 250 g/mol. The van der Waals surface area contributed by atoms with Crippen LogP contribution >= 0.6 is 0 Å². The van der Waals surface area contributed by atoms with Gasteiger partial charge < -0.3 is 9.47 Å². The van der Waals surface area contributed by atoms with Crippen molar-refractivity contribution in [1.82, 2.24) is 9.88 Å². The Morgan fingerprint density at radius 1 is 1.68 bits per heavy atom. The van der Waals surface area contributed by atoms with Gasteiger partial charge in [0, 0.05) is 18.8 Å². The van der Waals surface area contributed by atoms with Gasteiger partial charge in [-0.15, -0.1) is 0 Å². The molecule has 2 heterocycles. The zero-order valence-electron chi connectivity index (χ0n) is 11.0. The Morgan fingerprint density at radius 3 is 3.16 bits per heavy atom. The maximum Gasteiger partial charge on any atom is 0.331 e. The fourth-order valence-corrected chi connectivity index (χ4v) is 1.87. The number of hydrogen-bond donors (Lipinski definition) is 0. The molecule has 0 amide bonds. The number of morpholine rings is 1. The van der Waals surface area contributed by atoms with E-state index in [0.29, 0.717) is 19.8 Å². The van der Waals surface area contributed by atoms with Gasteiger partial charge in [0.05, 0.1) is 24.2 Å². The summed E-state index contributed by atoms with van der Waals surface area (Å²) in [5, 5.41) is 10.9. The van der Waals surface area contributed by atoms with E-state index in [1.54, 1.807) is 13.1 Å². The first-order valence-electron chi connectivity index (χ1n) is 6.09. The molecule has 0 radical (unpaired) electrons. The Labute approximate surface area is 111 Å². The third-order valence-corrected chi connectivity index (χ3v) is 3.10. The number of nitrogens with zero attached hydrogens (tertiary/aromatic N) is 3. The zero-order valence-corrected chi connectivity index (χ0v) is 11.0. The SMILES string of the molecule is Cc1cnc(OCC2COCCN2C)c([N+](=O)[O-])c1. The minimum Gasteiger partial charge on any atom is -0.471 e. The third-order valence-electron chi connectivity index (χ3n) is 3.10. The van der Waals surface area contributed by atoms with Crippen molar-refractivity contribution in [3.63, 3.8) is 0 Å². The second kappa shape index (κ2) is 5.94. The highest BCUT2D eigenvalue weighted by Gasteiger charge is 2.23. The molecule has 19 heavy (non-hydrogen) atoms. The first kappa shape index (κ1) is 13.7. The van der Waals surface area contributed by atoms with E-state index >= 15 is 0 Å². The van der Waals surface area contributed by atoms with Crippen molar-refractivity contribution in [2.75, 3.05) is 33.4 Å². The van der Waals surface area contributed by atoms with Crippen LogP contribution in [0.1, 0.15) is 5.56 Å². The fourth-order valence-electron chi connectivity index (χ4n) is 1.87. The summed E-state index contributed by atoms with van der Waals surface area (Å²) < 4.78 is 10.9. The van der Waals surface area contributed by atoms with Crippen LogP contribution in [0, 0.1) is 17.0 Å². The Hall–Kier alpha value is -1.73. The summed E-state index contributed by atoms with van der Waals surface area (Å²) in [6, 6.07) is 1.56.